The summed E-state index contributed by atoms with van der Waals surface area (Å²) >= 11 is 0. The fourth-order valence-electron chi connectivity index (χ4n) is 3.13. The fraction of sp³-hybridized carbons (Fsp3) is 0.917. The summed E-state index contributed by atoms with van der Waals surface area (Å²) in [6.07, 6.45) is 7.74. The molecule has 2 rings (SSSR count). The lowest BCUT2D eigenvalue weighted by Gasteiger charge is -2.32. The molecule has 0 aromatic rings. The average molecular weight is 211 g/mol. The molecule has 2 atom stereocenters. The molecule has 0 aromatic carbocycles. The van der Waals surface area contributed by atoms with Crippen LogP contribution in [-0.2, 0) is 9.53 Å². The first kappa shape index (κ1) is 10.9. The molecule has 1 saturated carbocycles. The highest BCUT2D eigenvalue weighted by Crippen LogP contribution is 2.36. The van der Waals surface area contributed by atoms with E-state index in [1.807, 2.05) is 0 Å². The molecule has 2 fully saturated rings. The van der Waals surface area contributed by atoms with Gasteiger partial charge in [-0.05, 0) is 31.2 Å². The molecule has 2 unspecified atom stereocenters. The number of ether oxygens (including phenoxy) is 1. The van der Waals surface area contributed by atoms with E-state index in [0.29, 0.717) is 0 Å². The Balaban J connectivity index is 1.88. The van der Waals surface area contributed by atoms with Crippen molar-refractivity contribution in [3.05, 3.63) is 0 Å². The molecule has 2 aliphatic rings. The summed E-state index contributed by atoms with van der Waals surface area (Å²) < 4.78 is 4.80. The van der Waals surface area contributed by atoms with Gasteiger partial charge in [-0.15, -0.1) is 0 Å². The largest absolute Gasteiger partial charge is 0.468 e. The van der Waals surface area contributed by atoms with Crippen molar-refractivity contribution in [3.63, 3.8) is 0 Å². The summed E-state index contributed by atoms with van der Waals surface area (Å²) in [5, 5.41) is 3.25. The molecule has 0 radical (unpaired) electrons. The first-order valence-corrected chi connectivity index (χ1v) is 6.12. The molecule has 0 bridgehead atoms. The van der Waals surface area contributed by atoms with Crippen LogP contribution in [0.1, 0.15) is 38.5 Å². The maximum absolute atomic E-state index is 11.4. The minimum Gasteiger partial charge on any atom is -0.468 e. The van der Waals surface area contributed by atoms with Crippen molar-refractivity contribution in [1.29, 1.82) is 0 Å². The van der Waals surface area contributed by atoms with Crippen LogP contribution in [0.4, 0.5) is 0 Å². The number of hydrogen-bond donors (Lipinski definition) is 1. The summed E-state index contributed by atoms with van der Waals surface area (Å²) in [6.45, 7) is 0.973. The Bertz CT molecular complexity index is 224. The third-order valence-electron chi connectivity index (χ3n) is 4.00. The van der Waals surface area contributed by atoms with E-state index in [4.69, 9.17) is 4.74 Å². The van der Waals surface area contributed by atoms with Crippen molar-refractivity contribution in [3.8, 4) is 0 Å². The molecule has 1 heterocycles. The van der Waals surface area contributed by atoms with Gasteiger partial charge in [-0.25, -0.2) is 0 Å². The smallest absolute Gasteiger partial charge is 0.322 e. The lowest BCUT2D eigenvalue weighted by Crippen LogP contribution is -2.45. The van der Waals surface area contributed by atoms with Gasteiger partial charge in [0.15, 0.2) is 0 Å². The summed E-state index contributed by atoms with van der Waals surface area (Å²) in [5.74, 6) is 1.54. The first-order valence-electron chi connectivity index (χ1n) is 6.12. The fourth-order valence-corrected chi connectivity index (χ4v) is 3.13. The summed E-state index contributed by atoms with van der Waals surface area (Å²) in [4.78, 5) is 11.4. The highest BCUT2D eigenvalue weighted by atomic mass is 16.5. The second-order valence-corrected chi connectivity index (χ2v) is 4.86. The van der Waals surface area contributed by atoms with E-state index in [-0.39, 0.29) is 12.0 Å². The molecule has 3 nitrogen and oxygen atoms in total. The predicted octanol–water partition coefficient (Wildman–Crippen LogP) is 1.72. The van der Waals surface area contributed by atoms with Crippen molar-refractivity contribution in [2.24, 2.45) is 11.8 Å². The van der Waals surface area contributed by atoms with E-state index >= 15 is 0 Å². The maximum Gasteiger partial charge on any atom is 0.322 e. The van der Waals surface area contributed by atoms with E-state index in [1.165, 1.54) is 39.2 Å². The molecule has 15 heavy (non-hydrogen) atoms. The van der Waals surface area contributed by atoms with Crippen molar-refractivity contribution < 1.29 is 9.53 Å². The van der Waals surface area contributed by atoms with Gasteiger partial charge in [0.2, 0.25) is 0 Å². The Morgan fingerprint density at radius 2 is 1.93 bits per heavy atom. The maximum atomic E-state index is 11.4. The Labute approximate surface area is 91.6 Å². The summed E-state index contributed by atoms with van der Waals surface area (Å²) in [5.41, 5.74) is 0. The molecular formula is C12H21NO2. The van der Waals surface area contributed by atoms with Gasteiger partial charge in [0, 0.05) is 0 Å². The quantitative estimate of drug-likeness (QED) is 0.707. The van der Waals surface area contributed by atoms with Crippen molar-refractivity contribution in [2.45, 2.75) is 44.6 Å². The van der Waals surface area contributed by atoms with E-state index in [1.54, 1.807) is 0 Å². The molecule has 1 saturated heterocycles. The predicted molar refractivity (Wildman–Crippen MR) is 58.5 cm³/mol. The van der Waals surface area contributed by atoms with E-state index in [9.17, 15) is 4.79 Å². The lowest BCUT2D eigenvalue weighted by molar-refractivity contribution is -0.144. The average Bonchev–Trinajstić information content (AvgIpc) is 2.82. The summed E-state index contributed by atoms with van der Waals surface area (Å²) in [6, 6.07) is -0.0469. The number of carbonyl (C=O) groups excluding carboxylic acids is 1. The molecule has 0 spiro atoms. The third kappa shape index (κ3) is 2.51. The highest BCUT2D eigenvalue weighted by molar-refractivity contribution is 5.75. The minimum atomic E-state index is -0.0855. The molecule has 0 aromatic heterocycles. The monoisotopic (exact) mass is 211 g/mol. The number of nitrogens with one attached hydrogen (secondary N) is 1. The Morgan fingerprint density at radius 1 is 1.20 bits per heavy atom. The van der Waals surface area contributed by atoms with Gasteiger partial charge in [0.05, 0.1) is 7.11 Å². The first-order chi connectivity index (χ1) is 7.31. The standard InChI is InChI=1S/C12H21NO2/c1-15-12(14)11-8-10(6-7-13-11)9-4-2-3-5-9/h9-11,13H,2-8H2,1H3. The van der Waals surface area contributed by atoms with Gasteiger partial charge in [-0.3, -0.25) is 4.79 Å². The zero-order valence-electron chi connectivity index (χ0n) is 9.50. The Morgan fingerprint density at radius 3 is 2.60 bits per heavy atom. The van der Waals surface area contributed by atoms with Crippen molar-refractivity contribution in [1.82, 2.24) is 5.32 Å². The van der Waals surface area contributed by atoms with Gasteiger partial charge in [0.25, 0.3) is 0 Å². The van der Waals surface area contributed by atoms with Crippen molar-refractivity contribution in [2.75, 3.05) is 13.7 Å². The molecule has 1 aliphatic carbocycles. The van der Waals surface area contributed by atoms with Crippen LogP contribution in [0.25, 0.3) is 0 Å². The molecule has 3 heteroatoms. The van der Waals surface area contributed by atoms with E-state index in [0.717, 1.165) is 24.8 Å². The van der Waals surface area contributed by atoms with Gasteiger partial charge in [-0.2, -0.15) is 0 Å². The van der Waals surface area contributed by atoms with Gasteiger partial charge in [-0.1, -0.05) is 25.7 Å². The third-order valence-corrected chi connectivity index (χ3v) is 4.00. The van der Waals surface area contributed by atoms with Crippen LogP contribution in [0, 0.1) is 11.8 Å². The van der Waals surface area contributed by atoms with Crippen LogP contribution < -0.4 is 5.32 Å². The van der Waals surface area contributed by atoms with Crippen LogP contribution in [0.5, 0.6) is 0 Å². The Kier molecular flexibility index (Phi) is 3.62. The lowest BCUT2D eigenvalue weighted by atomic mass is 9.81. The van der Waals surface area contributed by atoms with Gasteiger partial charge >= 0.3 is 5.97 Å². The number of methoxy groups -OCH3 is 1. The zero-order chi connectivity index (χ0) is 10.7. The van der Waals surface area contributed by atoms with Crippen molar-refractivity contribution >= 4 is 5.97 Å². The molecule has 0 amide bonds. The second kappa shape index (κ2) is 4.97. The normalized spacial score (nSPS) is 32.9. The van der Waals surface area contributed by atoms with E-state index in [2.05, 4.69) is 5.32 Å². The molecule has 1 aliphatic heterocycles. The molecule has 86 valence electrons. The SMILES string of the molecule is COC(=O)C1CC(C2CCCC2)CCN1. The summed E-state index contributed by atoms with van der Waals surface area (Å²) in [7, 11) is 1.48. The Hall–Kier alpha value is -0.570. The topological polar surface area (TPSA) is 38.3 Å². The highest BCUT2D eigenvalue weighted by Gasteiger charge is 2.33. The van der Waals surface area contributed by atoms with Gasteiger partial charge in [0.1, 0.15) is 6.04 Å². The van der Waals surface area contributed by atoms with E-state index < -0.39 is 0 Å². The number of piperidine rings is 1. The molecular weight excluding hydrogens is 190 g/mol. The van der Waals surface area contributed by atoms with Crippen LogP contribution in [0.3, 0.4) is 0 Å². The van der Waals surface area contributed by atoms with Crippen LogP contribution in [0.2, 0.25) is 0 Å². The van der Waals surface area contributed by atoms with Crippen LogP contribution in [0.15, 0.2) is 0 Å². The minimum absolute atomic E-state index is 0.0469. The van der Waals surface area contributed by atoms with Crippen LogP contribution >= 0.6 is 0 Å². The van der Waals surface area contributed by atoms with Crippen LogP contribution in [-0.4, -0.2) is 25.7 Å². The zero-order valence-corrected chi connectivity index (χ0v) is 9.50. The number of hydrogen-bond acceptors (Lipinski definition) is 3. The number of carbonyl (C=O) groups is 1. The number of esters is 1. The number of rotatable bonds is 2. The second-order valence-electron chi connectivity index (χ2n) is 4.86. The van der Waals surface area contributed by atoms with Gasteiger partial charge < -0.3 is 10.1 Å². The molecule has 1 N–H and O–H groups in total.